The van der Waals surface area contributed by atoms with Gasteiger partial charge in [-0.05, 0) is 43.5 Å². The minimum Gasteiger partial charge on any atom is -0.493 e. The largest absolute Gasteiger partial charge is 0.493 e. The summed E-state index contributed by atoms with van der Waals surface area (Å²) in [6.07, 6.45) is 0.315. The number of hydrogen-bond acceptors (Lipinski definition) is 6. The Labute approximate surface area is 169 Å². The second-order valence-corrected chi connectivity index (χ2v) is 6.53. The zero-order chi connectivity index (χ0) is 21.6. The summed E-state index contributed by atoms with van der Waals surface area (Å²) >= 11 is 0. The van der Waals surface area contributed by atoms with Crippen molar-refractivity contribution in [2.75, 3.05) is 13.2 Å². The number of benzene rings is 1. The fourth-order valence-corrected chi connectivity index (χ4v) is 2.80. The van der Waals surface area contributed by atoms with Crippen LogP contribution in [0.4, 0.5) is 13.2 Å². The maximum atomic E-state index is 12.8. The third-order valence-corrected chi connectivity index (χ3v) is 4.34. The minimum absolute atomic E-state index is 0.0879. The average Bonchev–Trinajstić information content (AvgIpc) is 2.73. The molecule has 9 heteroatoms. The molecule has 0 radical (unpaired) electrons. The second-order valence-electron chi connectivity index (χ2n) is 6.53. The molecule has 30 heavy (non-hydrogen) atoms. The van der Waals surface area contributed by atoms with E-state index in [9.17, 15) is 18.0 Å². The van der Waals surface area contributed by atoms with Gasteiger partial charge in [0.05, 0.1) is 24.3 Å². The van der Waals surface area contributed by atoms with E-state index in [1.807, 2.05) is 0 Å². The lowest BCUT2D eigenvalue weighted by Gasteiger charge is -2.11. The van der Waals surface area contributed by atoms with Gasteiger partial charge in [-0.15, -0.1) is 0 Å². The van der Waals surface area contributed by atoms with E-state index in [0.29, 0.717) is 37.2 Å². The molecule has 2 heterocycles. The van der Waals surface area contributed by atoms with Crippen LogP contribution in [0.2, 0.25) is 0 Å². The SMILES string of the molecule is O=c1cc(CO)occ1OCCCCCOc1ccnc2cc(C(F)(F)F)ccc12. The fourth-order valence-electron chi connectivity index (χ4n) is 2.80. The van der Waals surface area contributed by atoms with E-state index in [0.717, 1.165) is 18.6 Å². The van der Waals surface area contributed by atoms with E-state index >= 15 is 0 Å². The van der Waals surface area contributed by atoms with Crippen LogP contribution >= 0.6 is 0 Å². The Balaban J connectivity index is 1.44. The van der Waals surface area contributed by atoms with Gasteiger partial charge < -0.3 is 19.0 Å². The van der Waals surface area contributed by atoms with Gasteiger partial charge in [0.1, 0.15) is 24.4 Å². The van der Waals surface area contributed by atoms with Crippen LogP contribution in [0, 0.1) is 0 Å². The quantitative estimate of drug-likeness (QED) is 0.516. The molecule has 0 fully saturated rings. The number of alkyl halides is 3. The zero-order valence-corrected chi connectivity index (χ0v) is 15.9. The summed E-state index contributed by atoms with van der Waals surface area (Å²) in [6, 6.07) is 6.18. The highest BCUT2D eigenvalue weighted by molar-refractivity contribution is 5.85. The molecule has 0 aliphatic rings. The predicted octanol–water partition coefficient (Wildman–Crippen LogP) is 4.33. The van der Waals surface area contributed by atoms with Crippen molar-refractivity contribution >= 4 is 10.9 Å². The lowest BCUT2D eigenvalue weighted by atomic mass is 10.1. The molecule has 0 spiro atoms. The number of rotatable bonds is 9. The Hall–Kier alpha value is -3.07. The predicted molar refractivity (Wildman–Crippen MR) is 102 cm³/mol. The van der Waals surface area contributed by atoms with Crippen LogP contribution in [0.5, 0.6) is 11.5 Å². The highest BCUT2D eigenvalue weighted by Gasteiger charge is 2.30. The van der Waals surface area contributed by atoms with Crippen LogP contribution in [-0.4, -0.2) is 23.3 Å². The number of fused-ring (bicyclic) bond motifs is 1. The van der Waals surface area contributed by atoms with Gasteiger partial charge in [0.2, 0.25) is 11.2 Å². The van der Waals surface area contributed by atoms with Gasteiger partial charge >= 0.3 is 6.18 Å². The average molecular weight is 423 g/mol. The molecule has 6 nitrogen and oxygen atoms in total. The smallest absolute Gasteiger partial charge is 0.416 e. The summed E-state index contributed by atoms with van der Waals surface area (Å²) in [6.45, 7) is 0.348. The maximum Gasteiger partial charge on any atom is 0.416 e. The van der Waals surface area contributed by atoms with Gasteiger partial charge in [-0.1, -0.05) is 0 Å². The van der Waals surface area contributed by atoms with Crippen LogP contribution < -0.4 is 14.9 Å². The molecule has 3 rings (SSSR count). The molecule has 3 aromatic rings. The Bertz CT molecular complexity index is 1050. The van der Waals surface area contributed by atoms with Crippen LogP contribution in [0.3, 0.4) is 0 Å². The molecule has 0 aliphatic heterocycles. The summed E-state index contributed by atoms with van der Waals surface area (Å²) in [7, 11) is 0. The first-order chi connectivity index (χ1) is 14.4. The molecule has 0 saturated heterocycles. The van der Waals surface area contributed by atoms with Crippen LogP contribution in [0.15, 0.2) is 52.0 Å². The van der Waals surface area contributed by atoms with Gasteiger partial charge in [-0.3, -0.25) is 9.78 Å². The highest BCUT2D eigenvalue weighted by Crippen LogP contribution is 2.33. The summed E-state index contributed by atoms with van der Waals surface area (Å²) in [5, 5.41) is 9.42. The monoisotopic (exact) mass is 423 g/mol. The summed E-state index contributed by atoms with van der Waals surface area (Å²) in [5.74, 6) is 0.735. The Morgan fingerprint density at radius 3 is 2.40 bits per heavy atom. The number of aromatic nitrogens is 1. The molecule has 0 bridgehead atoms. The first-order valence-corrected chi connectivity index (χ1v) is 9.32. The van der Waals surface area contributed by atoms with Crippen molar-refractivity contribution in [1.82, 2.24) is 4.98 Å². The van der Waals surface area contributed by atoms with E-state index < -0.39 is 11.7 Å². The van der Waals surface area contributed by atoms with E-state index in [4.69, 9.17) is 19.0 Å². The molecule has 2 aromatic heterocycles. The van der Waals surface area contributed by atoms with E-state index in [1.165, 1.54) is 24.6 Å². The lowest BCUT2D eigenvalue weighted by molar-refractivity contribution is -0.137. The number of halogens is 3. The maximum absolute atomic E-state index is 12.8. The van der Waals surface area contributed by atoms with E-state index in [1.54, 1.807) is 6.07 Å². The van der Waals surface area contributed by atoms with Crippen molar-refractivity contribution in [2.24, 2.45) is 0 Å². The summed E-state index contributed by atoms with van der Waals surface area (Å²) in [4.78, 5) is 15.7. The third kappa shape index (κ3) is 5.50. The molecule has 160 valence electrons. The summed E-state index contributed by atoms with van der Waals surface area (Å²) in [5.41, 5.74) is -0.881. The highest BCUT2D eigenvalue weighted by atomic mass is 19.4. The lowest BCUT2D eigenvalue weighted by Crippen LogP contribution is -2.09. The van der Waals surface area contributed by atoms with Gasteiger partial charge in [0.25, 0.3) is 0 Å². The van der Waals surface area contributed by atoms with Gasteiger partial charge in [0.15, 0.2) is 0 Å². The molecular formula is C21H20F3NO5. The van der Waals surface area contributed by atoms with E-state index in [2.05, 4.69) is 4.98 Å². The molecule has 1 N–H and O–H groups in total. The Morgan fingerprint density at radius 1 is 1.00 bits per heavy atom. The topological polar surface area (TPSA) is 81.8 Å². The number of unbranched alkanes of at least 4 members (excludes halogenated alkanes) is 2. The van der Waals surface area contributed by atoms with Crippen molar-refractivity contribution in [3.05, 3.63) is 64.3 Å². The van der Waals surface area contributed by atoms with Crippen LogP contribution in [0.25, 0.3) is 10.9 Å². The van der Waals surface area contributed by atoms with Gasteiger partial charge in [-0.2, -0.15) is 13.2 Å². The number of aliphatic hydroxyl groups is 1. The Kier molecular flexibility index (Phi) is 6.94. The number of pyridine rings is 1. The Morgan fingerprint density at radius 2 is 1.73 bits per heavy atom. The van der Waals surface area contributed by atoms with Crippen LogP contribution in [0.1, 0.15) is 30.6 Å². The van der Waals surface area contributed by atoms with Gasteiger partial charge in [0, 0.05) is 17.6 Å². The van der Waals surface area contributed by atoms with Crippen LogP contribution in [-0.2, 0) is 12.8 Å². The number of nitrogens with zero attached hydrogens (tertiary/aromatic N) is 1. The summed E-state index contributed by atoms with van der Waals surface area (Å²) < 4.78 is 54.6. The molecule has 0 saturated carbocycles. The standard InChI is InChI=1S/C21H20F3NO5/c22-21(23,24)14-4-5-16-17(10-14)25-7-6-19(16)28-8-2-1-3-9-29-20-13-30-15(12-26)11-18(20)27/h4-7,10-11,13,26H,1-3,8-9,12H2. The van der Waals surface area contributed by atoms with Crippen molar-refractivity contribution < 1.29 is 32.2 Å². The normalized spacial score (nSPS) is 11.6. The number of aliphatic hydroxyl groups excluding tert-OH is 1. The number of hydrogen-bond donors (Lipinski definition) is 1. The van der Waals surface area contributed by atoms with Crippen molar-refractivity contribution in [1.29, 1.82) is 0 Å². The van der Waals surface area contributed by atoms with Crippen molar-refractivity contribution in [3.8, 4) is 11.5 Å². The fraction of sp³-hybridized carbons (Fsp3) is 0.333. The minimum atomic E-state index is -4.42. The zero-order valence-electron chi connectivity index (χ0n) is 15.9. The van der Waals surface area contributed by atoms with Crippen molar-refractivity contribution in [3.63, 3.8) is 0 Å². The first-order valence-electron chi connectivity index (χ1n) is 9.32. The first kappa shape index (κ1) is 21.6. The van der Waals surface area contributed by atoms with Crippen molar-refractivity contribution in [2.45, 2.75) is 32.0 Å². The third-order valence-electron chi connectivity index (χ3n) is 4.34. The molecule has 1 aromatic carbocycles. The van der Waals surface area contributed by atoms with Gasteiger partial charge in [-0.25, -0.2) is 0 Å². The number of ether oxygens (including phenoxy) is 2. The molecule has 0 amide bonds. The molecular weight excluding hydrogens is 403 g/mol. The van der Waals surface area contributed by atoms with E-state index in [-0.39, 0.29) is 29.1 Å². The molecule has 0 unspecified atom stereocenters. The second kappa shape index (κ2) is 9.62. The molecule has 0 atom stereocenters. The molecule has 0 aliphatic carbocycles.